The van der Waals surface area contributed by atoms with Gasteiger partial charge in [-0.05, 0) is 54.7 Å². The Bertz CT molecular complexity index is 1760. The molecule has 1 aromatic carbocycles. The molecule has 12 heteroatoms. The molecule has 0 amide bonds. The Balaban J connectivity index is 1.41. The Morgan fingerprint density at radius 2 is 1.88 bits per heavy atom. The van der Waals surface area contributed by atoms with E-state index in [1.54, 1.807) is 19.1 Å². The first-order chi connectivity index (χ1) is 20.3. The quantitative estimate of drug-likeness (QED) is 0.193. The first kappa shape index (κ1) is 29.2. The zero-order valence-electron chi connectivity index (χ0n) is 24.5. The third-order valence-electron chi connectivity index (χ3n) is 9.99. The lowest BCUT2D eigenvalue weighted by Gasteiger charge is -2.21. The summed E-state index contributed by atoms with van der Waals surface area (Å²) in [5.41, 5.74) is 2.39. The predicted octanol–water partition coefficient (Wildman–Crippen LogP) is 7.24. The number of aryl methyl sites for hydroxylation is 1. The molecule has 1 atom stereocenters. The molecule has 2 N–H and O–H groups in total. The average molecular weight is 609 g/mol. The maximum atomic E-state index is 14.0. The molecule has 0 aliphatic heterocycles. The number of hydrogen-bond donors (Lipinski definition) is 2. The van der Waals surface area contributed by atoms with Crippen LogP contribution < -0.4 is 10.6 Å². The molecule has 0 radical (unpaired) electrons. The monoisotopic (exact) mass is 608 g/mol. The van der Waals surface area contributed by atoms with Crippen LogP contribution in [0.4, 0.5) is 24.5 Å². The first-order valence-corrected chi connectivity index (χ1v) is 14.5. The number of halogens is 4. The van der Waals surface area contributed by atoms with Gasteiger partial charge in [0.1, 0.15) is 17.3 Å². The first-order valence-electron chi connectivity index (χ1n) is 14.2. The van der Waals surface area contributed by atoms with Crippen LogP contribution in [-0.2, 0) is 5.54 Å². The fourth-order valence-corrected chi connectivity index (χ4v) is 6.56. The lowest BCUT2D eigenvalue weighted by atomic mass is 10.0. The lowest BCUT2D eigenvalue weighted by Crippen LogP contribution is -2.26. The molecule has 3 heterocycles. The summed E-state index contributed by atoms with van der Waals surface area (Å²) in [5.74, 6) is -0.240. The van der Waals surface area contributed by atoms with Crippen molar-refractivity contribution in [2.75, 3.05) is 17.2 Å². The number of aromatic nitrogens is 5. The topological polar surface area (TPSA) is 104 Å². The summed E-state index contributed by atoms with van der Waals surface area (Å²) in [6, 6.07) is 7.87. The van der Waals surface area contributed by atoms with Crippen LogP contribution in [0.5, 0.6) is 0 Å². The third-order valence-corrected chi connectivity index (χ3v) is 10.3. The number of alkyl halides is 2. The summed E-state index contributed by atoms with van der Waals surface area (Å²) in [6.07, 6.45) is 1.05. The van der Waals surface area contributed by atoms with Gasteiger partial charge >= 0.3 is 0 Å². The van der Waals surface area contributed by atoms with Crippen LogP contribution in [0.2, 0.25) is 5.02 Å². The molecule has 0 saturated heterocycles. The van der Waals surface area contributed by atoms with Crippen LogP contribution in [0.25, 0.3) is 10.9 Å². The van der Waals surface area contributed by atoms with Crippen molar-refractivity contribution in [1.82, 2.24) is 25.0 Å². The lowest BCUT2D eigenvalue weighted by molar-refractivity contribution is 0.0593. The van der Waals surface area contributed by atoms with Gasteiger partial charge in [0.05, 0.1) is 34.0 Å². The van der Waals surface area contributed by atoms with Gasteiger partial charge in [-0.2, -0.15) is 9.65 Å². The van der Waals surface area contributed by atoms with E-state index in [1.165, 1.54) is 23.1 Å². The van der Waals surface area contributed by atoms with Gasteiger partial charge in [0.25, 0.3) is 6.43 Å². The maximum absolute atomic E-state index is 14.0. The Morgan fingerprint density at radius 3 is 2.49 bits per heavy atom. The van der Waals surface area contributed by atoms with Crippen LogP contribution in [0.15, 0.2) is 36.7 Å². The third kappa shape index (κ3) is 4.76. The van der Waals surface area contributed by atoms with Crippen molar-refractivity contribution in [2.24, 2.45) is 16.7 Å². The molecule has 2 aliphatic carbocycles. The minimum Gasteiger partial charge on any atom is -0.383 e. The van der Waals surface area contributed by atoms with Gasteiger partial charge in [-0.1, -0.05) is 50.6 Å². The SMILES string of the molecule is Cc1nc(F)ccc1C(Nc1cc(Cl)c2ncc(C#N)c(NCC3C(C)(C)C3(C)C)c2c1)c1cn(C2(C(F)F)CC2)nn1. The Morgan fingerprint density at radius 1 is 1.16 bits per heavy atom. The number of anilines is 2. The molecule has 3 aromatic heterocycles. The van der Waals surface area contributed by atoms with Crippen molar-refractivity contribution in [3.05, 3.63) is 70.1 Å². The van der Waals surface area contributed by atoms with Gasteiger partial charge in [0.2, 0.25) is 5.95 Å². The van der Waals surface area contributed by atoms with Crippen LogP contribution in [-0.4, -0.2) is 37.9 Å². The van der Waals surface area contributed by atoms with Gasteiger partial charge < -0.3 is 10.6 Å². The number of pyridine rings is 2. The number of fused-ring (bicyclic) bond motifs is 1. The van der Waals surface area contributed by atoms with E-state index in [-0.39, 0.29) is 10.8 Å². The Hall–Kier alpha value is -3.91. The van der Waals surface area contributed by atoms with E-state index in [4.69, 9.17) is 11.6 Å². The van der Waals surface area contributed by atoms with Crippen LogP contribution in [0.3, 0.4) is 0 Å². The molecule has 2 saturated carbocycles. The second-order valence-corrected chi connectivity index (χ2v) is 13.2. The number of benzene rings is 1. The van der Waals surface area contributed by atoms with E-state index >= 15 is 0 Å². The van der Waals surface area contributed by atoms with E-state index in [0.717, 1.165) is 0 Å². The molecule has 1 unspecified atom stereocenters. The van der Waals surface area contributed by atoms with E-state index in [1.807, 2.05) is 6.07 Å². The smallest absolute Gasteiger partial charge is 0.263 e. The van der Waals surface area contributed by atoms with Crippen LogP contribution >= 0.6 is 11.6 Å². The fraction of sp³-hybridized carbons (Fsp3) is 0.452. The van der Waals surface area contributed by atoms with E-state index in [2.05, 4.69) is 64.7 Å². The molecular weight excluding hydrogens is 577 g/mol. The number of nitrogens with one attached hydrogen (secondary N) is 2. The number of hydrogen-bond acceptors (Lipinski definition) is 7. The van der Waals surface area contributed by atoms with Gasteiger partial charge in [0.15, 0.2) is 0 Å². The van der Waals surface area contributed by atoms with Gasteiger partial charge in [-0.3, -0.25) is 4.98 Å². The molecule has 8 nitrogen and oxygen atoms in total. The molecule has 6 rings (SSSR count). The highest BCUT2D eigenvalue weighted by atomic mass is 35.5. The summed E-state index contributed by atoms with van der Waals surface area (Å²) in [7, 11) is 0. The second-order valence-electron chi connectivity index (χ2n) is 12.8. The van der Waals surface area contributed by atoms with Crippen molar-refractivity contribution < 1.29 is 13.2 Å². The molecule has 0 spiro atoms. The van der Waals surface area contributed by atoms with Crippen molar-refractivity contribution in [3.63, 3.8) is 0 Å². The largest absolute Gasteiger partial charge is 0.383 e. The minimum atomic E-state index is -2.58. The summed E-state index contributed by atoms with van der Waals surface area (Å²) in [6.45, 7) is 11.3. The molecule has 224 valence electrons. The van der Waals surface area contributed by atoms with Gasteiger partial charge in [-0.25, -0.2) is 18.4 Å². The number of nitriles is 1. The highest BCUT2D eigenvalue weighted by Gasteiger charge is 2.64. The van der Waals surface area contributed by atoms with Crippen LogP contribution in [0, 0.1) is 41.0 Å². The van der Waals surface area contributed by atoms with Gasteiger partial charge in [0, 0.05) is 35.1 Å². The zero-order chi connectivity index (χ0) is 30.9. The van der Waals surface area contributed by atoms with Crippen molar-refractivity contribution >= 4 is 33.9 Å². The molecule has 0 bridgehead atoms. The molecule has 2 fully saturated rings. The van der Waals surface area contributed by atoms with E-state index < -0.39 is 24.0 Å². The van der Waals surface area contributed by atoms with E-state index in [0.29, 0.717) is 75.1 Å². The summed E-state index contributed by atoms with van der Waals surface area (Å²) < 4.78 is 42.9. The normalized spacial score (nSPS) is 18.8. The van der Waals surface area contributed by atoms with Gasteiger partial charge in [-0.15, -0.1) is 5.10 Å². The summed E-state index contributed by atoms with van der Waals surface area (Å²) in [4.78, 5) is 8.42. The zero-order valence-corrected chi connectivity index (χ0v) is 25.3. The summed E-state index contributed by atoms with van der Waals surface area (Å²) in [5, 5.41) is 26.1. The second kappa shape index (κ2) is 10.1. The van der Waals surface area contributed by atoms with E-state index in [9.17, 15) is 18.4 Å². The molecular formula is C31H32ClF3N8. The minimum absolute atomic E-state index is 0.148. The summed E-state index contributed by atoms with van der Waals surface area (Å²) >= 11 is 6.74. The number of rotatable bonds is 9. The average Bonchev–Trinajstić information content (AvgIpc) is 3.73. The number of nitrogens with zero attached hydrogens (tertiary/aromatic N) is 6. The Kier molecular flexibility index (Phi) is 6.84. The predicted molar refractivity (Wildman–Crippen MR) is 159 cm³/mol. The molecule has 2 aliphatic rings. The maximum Gasteiger partial charge on any atom is 0.263 e. The highest BCUT2D eigenvalue weighted by Crippen LogP contribution is 2.68. The standard InChI is InChI=1S/C31H32ClF3N8/c1-16-19(6-7-24(33)39-16)27(22-15-43(42-41-22)31(8-9-31)28(34)35)40-18-10-20-25(38-14-23-29(2,3)30(23,4)5)17(12-36)13-37-26(20)21(32)11-18/h6-7,10-11,13,15,23,27-28,40H,8-9,14H2,1-5H3,(H,37,38). The highest BCUT2D eigenvalue weighted by molar-refractivity contribution is 6.35. The molecule has 43 heavy (non-hydrogen) atoms. The van der Waals surface area contributed by atoms with Crippen molar-refractivity contribution in [1.29, 1.82) is 5.26 Å². The van der Waals surface area contributed by atoms with Crippen LogP contribution in [0.1, 0.15) is 69.1 Å². The Labute approximate surface area is 252 Å². The van der Waals surface area contributed by atoms with Crippen molar-refractivity contribution in [2.45, 2.75) is 65.5 Å². The molecule has 4 aromatic rings. The fourth-order valence-electron chi connectivity index (χ4n) is 6.29. The van der Waals surface area contributed by atoms with Crippen molar-refractivity contribution in [3.8, 4) is 6.07 Å².